The fraction of sp³-hybridized carbons (Fsp3) is 0.286. The molecule has 0 spiro atoms. The lowest BCUT2D eigenvalue weighted by atomic mass is 9.87. The molecule has 7 heteroatoms. The number of rotatable bonds is 5. The number of hydrogen-bond acceptors (Lipinski definition) is 4. The van der Waals surface area contributed by atoms with E-state index in [4.69, 9.17) is 4.74 Å². The number of sulfone groups is 1. The second-order valence-electron chi connectivity index (χ2n) is 7.54. The number of hydrogen-bond donors (Lipinski definition) is 1. The lowest BCUT2D eigenvalue weighted by Crippen LogP contribution is -2.11. The molecule has 5 nitrogen and oxygen atoms in total. The van der Waals surface area contributed by atoms with E-state index in [2.05, 4.69) is 53.3 Å². The van der Waals surface area contributed by atoms with E-state index in [0.29, 0.717) is 11.6 Å². The lowest BCUT2D eigenvalue weighted by Gasteiger charge is -2.19. The maximum atomic E-state index is 13.0. The molecule has 1 N–H and O–H groups in total. The maximum Gasteiger partial charge on any atom is 0.223 e. The Morgan fingerprint density at radius 2 is 1.79 bits per heavy atom. The Bertz CT molecular complexity index is 1080. The number of nitrogens with zero attached hydrogens (tertiary/aromatic N) is 1. The topological polar surface area (TPSA) is 72.0 Å². The molecule has 0 atom stereocenters. The van der Waals surface area contributed by atoms with Gasteiger partial charge in [-0.05, 0) is 40.8 Å². The van der Waals surface area contributed by atoms with E-state index in [1.165, 1.54) is 6.20 Å². The summed E-state index contributed by atoms with van der Waals surface area (Å²) in [6, 6.07) is 12.8. The van der Waals surface area contributed by atoms with Crippen molar-refractivity contribution in [3.8, 4) is 17.1 Å². The first-order chi connectivity index (χ1) is 13.2. The summed E-state index contributed by atoms with van der Waals surface area (Å²) in [7, 11) is -2.10. The van der Waals surface area contributed by atoms with E-state index in [1.807, 2.05) is 30.3 Å². The molecule has 0 radical (unpaired) electrons. The number of nitrogens with one attached hydrogen (secondary N) is 1. The monoisotopic (exact) mass is 510 g/mol. The van der Waals surface area contributed by atoms with Crippen LogP contribution in [0.3, 0.4) is 0 Å². The highest BCUT2D eigenvalue weighted by atomic mass is 127. The number of benzene rings is 2. The van der Waals surface area contributed by atoms with Crippen LogP contribution in [-0.4, -0.2) is 25.5 Å². The summed E-state index contributed by atoms with van der Waals surface area (Å²) in [6.07, 6.45) is 1.36. The van der Waals surface area contributed by atoms with Crippen LogP contribution in [0, 0.1) is 0 Å². The SMILES string of the molecule is COc1ccc(CI)cc1-c1ncc(S(=O)(=O)c2ccc(C(C)(C)C)cc2)[nH]1. The molecule has 0 amide bonds. The number of aromatic nitrogens is 2. The van der Waals surface area contributed by atoms with Crippen molar-refractivity contribution >= 4 is 32.4 Å². The van der Waals surface area contributed by atoms with Gasteiger partial charge in [0.25, 0.3) is 0 Å². The van der Waals surface area contributed by atoms with Gasteiger partial charge in [0.2, 0.25) is 9.84 Å². The number of H-pyrrole nitrogens is 1. The van der Waals surface area contributed by atoms with E-state index in [0.717, 1.165) is 21.1 Å². The highest BCUT2D eigenvalue weighted by molar-refractivity contribution is 14.1. The Kier molecular flexibility index (Phi) is 5.86. The highest BCUT2D eigenvalue weighted by Gasteiger charge is 2.23. The minimum absolute atomic E-state index is 0.0380. The summed E-state index contributed by atoms with van der Waals surface area (Å²) >= 11 is 2.28. The average Bonchev–Trinajstić information content (AvgIpc) is 3.17. The first kappa shape index (κ1) is 20.9. The standard InChI is InChI=1S/C21H23IN2O3S/c1-21(2,3)15-6-8-16(9-7-15)28(25,26)19-13-23-20(24-19)17-11-14(12-22)5-10-18(17)27-4/h5-11,13H,12H2,1-4H3,(H,23,24). The van der Waals surface area contributed by atoms with Crippen molar-refractivity contribution in [3.63, 3.8) is 0 Å². The van der Waals surface area contributed by atoms with Crippen LogP contribution in [0.5, 0.6) is 5.75 Å². The smallest absolute Gasteiger partial charge is 0.223 e. The Labute approximate surface area is 179 Å². The molecule has 0 fully saturated rings. The number of methoxy groups -OCH3 is 1. The van der Waals surface area contributed by atoms with Crippen LogP contribution in [0.1, 0.15) is 31.9 Å². The minimum atomic E-state index is -3.68. The second-order valence-corrected chi connectivity index (χ2v) is 10.2. The van der Waals surface area contributed by atoms with Gasteiger partial charge >= 0.3 is 0 Å². The van der Waals surface area contributed by atoms with Crippen molar-refractivity contribution in [3.05, 3.63) is 59.8 Å². The second kappa shape index (κ2) is 7.87. The molecule has 28 heavy (non-hydrogen) atoms. The van der Waals surface area contributed by atoms with Crippen LogP contribution in [0.25, 0.3) is 11.4 Å². The summed E-state index contributed by atoms with van der Waals surface area (Å²) in [5, 5.41) is 0.0629. The lowest BCUT2D eigenvalue weighted by molar-refractivity contribution is 0.416. The van der Waals surface area contributed by atoms with Crippen LogP contribution in [0.15, 0.2) is 58.6 Å². The Morgan fingerprint density at radius 3 is 2.36 bits per heavy atom. The molecular weight excluding hydrogens is 487 g/mol. The third-order valence-corrected chi connectivity index (χ3v) is 7.11. The molecule has 0 saturated heterocycles. The molecule has 3 rings (SSSR count). The largest absolute Gasteiger partial charge is 0.496 e. The van der Waals surface area contributed by atoms with Gasteiger partial charge in [-0.25, -0.2) is 13.4 Å². The first-order valence-electron chi connectivity index (χ1n) is 8.80. The van der Waals surface area contributed by atoms with Crippen molar-refractivity contribution in [1.29, 1.82) is 0 Å². The van der Waals surface area contributed by atoms with E-state index in [1.54, 1.807) is 19.2 Å². The number of alkyl halides is 1. The van der Waals surface area contributed by atoms with Gasteiger partial charge in [-0.15, -0.1) is 0 Å². The molecule has 0 unspecified atom stereocenters. The zero-order chi connectivity index (χ0) is 20.5. The zero-order valence-corrected chi connectivity index (χ0v) is 19.3. The van der Waals surface area contributed by atoms with E-state index in [-0.39, 0.29) is 15.3 Å². The van der Waals surface area contributed by atoms with Gasteiger partial charge in [-0.1, -0.05) is 61.6 Å². The van der Waals surface area contributed by atoms with Gasteiger partial charge in [0.1, 0.15) is 11.6 Å². The Morgan fingerprint density at radius 1 is 1.11 bits per heavy atom. The van der Waals surface area contributed by atoms with Crippen molar-refractivity contribution in [2.24, 2.45) is 0 Å². The van der Waals surface area contributed by atoms with Gasteiger partial charge in [0.15, 0.2) is 5.03 Å². The van der Waals surface area contributed by atoms with Crippen molar-refractivity contribution in [2.75, 3.05) is 7.11 Å². The van der Waals surface area contributed by atoms with E-state index >= 15 is 0 Å². The van der Waals surface area contributed by atoms with Gasteiger partial charge in [-0.2, -0.15) is 0 Å². The molecule has 0 saturated carbocycles. The number of aromatic amines is 1. The van der Waals surface area contributed by atoms with Gasteiger partial charge < -0.3 is 9.72 Å². The molecule has 1 heterocycles. The summed E-state index contributed by atoms with van der Waals surface area (Å²) in [5.74, 6) is 1.11. The Hall–Kier alpha value is -1.87. The molecule has 0 aliphatic heterocycles. The fourth-order valence-electron chi connectivity index (χ4n) is 2.86. The fourth-order valence-corrected chi connectivity index (χ4v) is 4.51. The molecule has 2 aromatic carbocycles. The van der Waals surface area contributed by atoms with Gasteiger partial charge in [0.05, 0.1) is 23.8 Å². The van der Waals surface area contributed by atoms with E-state index < -0.39 is 9.84 Å². The summed E-state index contributed by atoms with van der Waals surface area (Å²) in [6.45, 7) is 6.28. The zero-order valence-electron chi connectivity index (χ0n) is 16.3. The average molecular weight is 510 g/mol. The third-order valence-electron chi connectivity index (χ3n) is 4.55. The molecule has 3 aromatic rings. The predicted octanol–water partition coefficient (Wildman–Crippen LogP) is 5.15. The number of imidazole rings is 1. The molecule has 148 valence electrons. The third kappa shape index (κ3) is 4.10. The summed E-state index contributed by atoms with van der Waals surface area (Å²) in [5.41, 5.74) is 2.89. The van der Waals surface area contributed by atoms with Crippen LogP contribution < -0.4 is 4.74 Å². The van der Waals surface area contributed by atoms with E-state index in [9.17, 15) is 8.42 Å². The summed E-state index contributed by atoms with van der Waals surface area (Å²) in [4.78, 5) is 7.50. The Balaban J connectivity index is 1.99. The molecule has 1 aromatic heterocycles. The molecule has 0 aliphatic carbocycles. The van der Waals surface area contributed by atoms with Gasteiger partial charge in [-0.3, -0.25) is 0 Å². The predicted molar refractivity (Wildman–Crippen MR) is 119 cm³/mol. The van der Waals surface area contributed by atoms with Crippen molar-refractivity contribution < 1.29 is 13.2 Å². The van der Waals surface area contributed by atoms with Crippen molar-refractivity contribution in [1.82, 2.24) is 9.97 Å². The molecular formula is C21H23IN2O3S. The quantitative estimate of drug-likeness (QED) is 0.381. The van der Waals surface area contributed by atoms with Crippen LogP contribution in [-0.2, 0) is 19.7 Å². The van der Waals surface area contributed by atoms with Crippen molar-refractivity contribution in [2.45, 2.75) is 40.5 Å². The highest BCUT2D eigenvalue weighted by Crippen LogP contribution is 2.31. The van der Waals surface area contributed by atoms with Crippen LogP contribution in [0.2, 0.25) is 0 Å². The van der Waals surface area contributed by atoms with Gasteiger partial charge in [0, 0.05) is 4.43 Å². The molecule has 0 aliphatic rings. The minimum Gasteiger partial charge on any atom is -0.496 e. The first-order valence-corrected chi connectivity index (χ1v) is 11.8. The summed E-state index contributed by atoms with van der Waals surface area (Å²) < 4.78 is 32.3. The van der Waals surface area contributed by atoms with Crippen LogP contribution >= 0.6 is 22.6 Å². The van der Waals surface area contributed by atoms with Crippen LogP contribution in [0.4, 0.5) is 0 Å². The number of ether oxygens (including phenoxy) is 1. The maximum absolute atomic E-state index is 13.0. The normalized spacial score (nSPS) is 12.2. The molecule has 0 bridgehead atoms. The number of halogens is 1.